The molecule has 0 aliphatic carbocycles. The molecule has 186 valence electrons. The van der Waals surface area contributed by atoms with Crippen LogP contribution < -0.4 is 20.3 Å². The Morgan fingerprint density at radius 2 is 1.86 bits per heavy atom. The quantitative estimate of drug-likeness (QED) is 0.421. The second-order valence-electron chi connectivity index (χ2n) is 8.27. The molecule has 2 heterocycles. The highest BCUT2D eigenvalue weighted by atomic mass is 32.1. The molecule has 35 heavy (non-hydrogen) atoms. The summed E-state index contributed by atoms with van der Waals surface area (Å²) in [6.45, 7) is 7.66. The van der Waals surface area contributed by atoms with E-state index < -0.39 is 0 Å². The molecule has 1 fully saturated rings. The number of halogens is 1. The lowest BCUT2D eigenvalue weighted by Crippen LogP contribution is -2.36. The van der Waals surface area contributed by atoms with Gasteiger partial charge < -0.3 is 24.8 Å². The highest BCUT2D eigenvalue weighted by molar-refractivity contribution is 7.07. The lowest BCUT2D eigenvalue weighted by Gasteiger charge is -2.28. The normalized spacial score (nSPS) is 14.3. The first-order chi connectivity index (χ1) is 17.1. The Morgan fingerprint density at radius 1 is 1.11 bits per heavy atom. The van der Waals surface area contributed by atoms with E-state index in [0.29, 0.717) is 25.3 Å². The van der Waals surface area contributed by atoms with Gasteiger partial charge in [-0.05, 0) is 54.9 Å². The predicted octanol–water partition coefficient (Wildman–Crippen LogP) is 3.54. The molecule has 1 saturated heterocycles. The lowest BCUT2D eigenvalue weighted by molar-refractivity contribution is -0.120. The number of thiazole rings is 1. The molecule has 0 radical (unpaired) electrons. The number of carbonyl (C=O) groups is 1. The Bertz CT molecular complexity index is 1150. The monoisotopic (exact) mass is 497 g/mol. The van der Waals surface area contributed by atoms with Crippen LogP contribution in [0.3, 0.4) is 0 Å². The van der Waals surface area contributed by atoms with Crippen molar-refractivity contribution in [2.75, 3.05) is 50.8 Å². The van der Waals surface area contributed by atoms with Crippen molar-refractivity contribution in [1.29, 1.82) is 0 Å². The highest BCUT2D eigenvalue weighted by Gasteiger charge is 2.13. The van der Waals surface area contributed by atoms with E-state index in [2.05, 4.69) is 49.7 Å². The SMILES string of the molecule is CCNCC(=O)NCCCn1c(-c2ccc(N3CCOCC3)cc2)csc1=Nc1ccc(F)cc1. The van der Waals surface area contributed by atoms with Gasteiger partial charge in [0, 0.05) is 37.2 Å². The number of amides is 1. The van der Waals surface area contributed by atoms with E-state index in [4.69, 9.17) is 9.73 Å². The van der Waals surface area contributed by atoms with Crippen LogP contribution in [0.15, 0.2) is 58.9 Å². The van der Waals surface area contributed by atoms with Crippen molar-refractivity contribution >= 4 is 28.6 Å². The number of ether oxygens (including phenoxy) is 1. The fourth-order valence-electron chi connectivity index (χ4n) is 3.92. The van der Waals surface area contributed by atoms with Crippen molar-refractivity contribution in [2.45, 2.75) is 19.9 Å². The average Bonchev–Trinajstić information content (AvgIpc) is 3.29. The van der Waals surface area contributed by atoms with E-state index >= 15 is 0 Å². The first-order valence-electron chi connectivity index (χ1n) is 12.0. The second kappa shape index (κ2) is 12.6. The van der Waals surface area contributed by atoms with E-state index in [1.807, 2.05) is 6.92 Å². The summed E-state index contributed by atoms with van der Waals surface area (Å²) in [4.78, 5) is 19.8. The molecule has 0 unspecified atom stereocenters. The van der Waals surface area contributed by atoms with Crippen molar-refractivity contribution < 1.29 is 13.9 Å². The van der Waals surface area contributed by atoms with Gasteiger partial charge in [-0.25, -0.2) is 9.38 Å². The number of hydrogen-bond acceptors (Lipinski definition) is 6. The number of benzene rings is 2. The van der Waals surface area contributed by atoms with Gasteiger partial charge in [-0.3, -0.25) is 4.79 Å². The zero-order chi connectivity index (χ0) is 24.5. The van der Waals surface area contributed by atoms with Crippen LogP contribution in [0.25, 0.3) is 11.3 Å². The molecule has 2 N–H and O–H groups in total. The van der Waals surface area contributed by atoms with Crippen LogP contribution in [-0.2, 0) is 16.1 Å². The van der Waals surface area contributed by atoms with Crippen LogP contribution in [-0.4, -0.2) is 56.4 Å². The van der Waals surface area contributed by atoms with Gasteiger partial charge in [0.05, 0.1) is 31.1 Å². The summed E-state index contributed by atoms with van der Waals surface area (Å²) in [5, 5.41) is 8.10. The summed E-state index contributed by atoms with van der Waals surface area (Å²) in [7, 11) is 0. The number of morpholine rings is 1. The molecule has 4 rings (SSSR count). The molecule has 0 saturated carbocycles. The summed E-state index contributed by atoms with van der Waals surface area (Å²) in [5.41, 5.74) is 4.08. The van der Waals surface area contributed by atoms with E-state index in [0.717, 1.165) is 55.3 Å². The van der Waals surface area contributed by atoms with Crippen molar-refractivity contribution in [3.05, 3.63) is 64.5 Å². The summed E-state index contributed by atoms with van der Waals surface area (Å²) < 4.78 is 21.0. The maximum Gasteiger partial charge on any atom is 0.233 e. The van der Waals surface area contributed by atoms with Crippen LogP contribution in [0.5, 0.6) is 0 Å². The zero-order valence-electron chi connectivity index (χ0n) is 20.0. The molecule has 0 atom stereocenters. The Hall–Kier alpha value is -3.01. The number of likely N-dealkylation sites (N-methyl/N-ethyl adjacent to an activating group) is 1. The fraction of sp³-hybridized carbons (Fsp3) is 0.385. The van der Waals surface area contributed by atoms with E-state index in [1.165, 1.54) is 17.8 Å². The first kappa shape index (κ1) is 25.1. The Morgan fingerprint density at radius 3 is 2.57 bits per heavy atom. The van der Waals surface area contributed by atoms with E-state index in [9.17, 15) is 9.18 Å². The third kappa shape index (κ3) is 7.00. The van der Waals surface area contributed by atoms with Crippen LogP contribution in [0, 0.1) is 5.82 Å². The van der Waals surface area contributed by atoms with Gasteiger partial charge in [0.15, 0.2) is 4.80 Å². The van der Waals surface area contributed by atoms with Gasteiger partial charge in [-0.2, -0.15) is 0 Å². The molecule has 1 aliphatic rings. The van der Waals surface area contributed by atoms with Crippen LogP contribution in [0.2, 0.25) is 0 Å². The Kier molecular flexibility index (Phi) is 9.05. The minimum atomic E-state index is -0.280. The molecule has 2 aromatic carbocycles. The van der Waals surface area contributed by atoms with Gasteiger partial charge >= 0.3 is 0 Å². The summed E-state index contributed by atoms with van der Waals surface area (Å²) in [6, 6.07) is 14.8. The van der Waals surface area contributed by atoms with Crippen molar-refractivity contribution in [3.63, 3.8) is 0 Å². The third-order valence-corrected chi connectivity index (χ3v) is 6.67. The Labute approximate surface area is 209 Å². The minimum absolute atomic E-state index is 0.00248. The van der Waals surface area contributed by atoms with Crippen molar-refractivity contribution in [1.82, 2.24) is 15.2 Å². The van der Waals surface area contributed by atoms with Crippen molar-refractivity contribution in [3.8, 4) is 11.3 Å². The summed E-state index contributed by atoms with van der Waals surface area (Å²) in [5.74, 6) is -0.283. The smallest absolute Gasteiger partial charge is 0.233 e. The van der Waals surface area contributed by atoms with E-state index in [1.54, 1.807) is 23.5 Å². The van der Waals surface area contributed by atoms with Gasteiger partial charge in [-0.15, -0.1) is 11.3 Å². The maximum atomic E-state index is 13.4. The summed E-state index contributed by atoms with van der Waals surface area (Å²) in [6.07, 6.45) is 0.768. The second-order valence-corrected chi connectivity index (χ2v) is 9.11. The molecule has 1 aliphatic heterocycles. The topological polar surface area (TPSA) is 70.9 Å². The van der Waals surface area contributed by atoms with Crippen LogP contribution >= 0.6 is 11.3 Å². The van der Waals surface area contributed by atoms with E-state index in [-0.39, 0.29) is 11.7 Å². The molecule has 0 spiro atoms. The average molecular weight is 498 g/mol. The van der Waals surface area contributed by atoms with Gasteiger partial charge in [-0.1, -0.05) is 19.1 Å². The number of anilines is 1. The number of hydrogen-bond donors (Lipinski definition) is 2. The molecule has 1 amide bonds. The van der Waals surface area contributed by atoms with Gasteiger partial charge in [0.2, 0.25) is 5.91 Å². The molecular weight excluding hydrogens is 465 g/mol. The molecule has 1 aromatic heterocycles. The molecular formula is C26H32FN5O2S. The summed E-state index contributed by atoms with van der Waals surface area (Å²) >= 11 is 1.56. The highest BCUT2D eigenvalue weighted by Crippen LogP contribution is 2.25. The number of nitrogens with zero attached hydrogens (tertiary/aromatic N) is 3. The Balaban J connectivity index is 1.54. The number of rotatable bonds is 10. The minimum Gasteiger partial charge on any atom is -0.378 e. The van der Waals surface area contributed by atoms with Crippen LogP contribution in [0.4, 0.5) is 15.8 Å². The van der Waals surface area contributed by atoms with Crippen LogP contribution in [0.1, 0.15) is 13.3 Å². The molecule has 9 heteroatoms. The number of carbonyl (C=O) groups excluding carboxylic acids is 1. The predicted molar refractivity (Wildman–Crippen MR) is 139 cm³/mol. The standard InChI is InChI=1S/C26H32FN5O2S/c1-2-28-18-25(33)29-12-3-13-32-24(19-35-26(32)30-22-8-6-21(27)7-9-22)20-4-10-23(11-5-20)31-14-16-34-17-15-31/h4-11,19,28H,2-3,12-18H2,1H3,(H,29,33). The largest absolute Gasteiger partial charge is 0.378 e. The van der Waals surface area contributed by atoms with Gasteiger partial charge in [0.1, 0.15) is 5.82 Å². The number of aromatic nitrogens is 1. The van der Waals surface area contributed by atoms with Crippen molar-refractivity contribution in [2.24, 2.45) is 4.99 Å². The molecule has 7 nitrogen and oxygen atoms in total. The molecule has 3 aromatic rings. The first-order valence-corrected chi connectivity index (χ1v) is 12.9. The number of nitrogens with one attached hydrogen (secondary N) is 2. The zero-order valence-corrected chi connectivity index (χ0v) is 20.8. The lowest BCUT2D eigenvalue weighted by atomic mass is 10.1. The van der Waals surface area contributed by atoms with Gasteiger partial charge in [0.25, 0.3) is 0 Å². The fourth-order valence-corrected chi connectivity index (χ4v) is 4.88. The third-order valence-electron chi connectivity index (χ3n) is 5.80. The molecule has 0 bridgehead atoms. The maximum absolute atomic E-state index is 13.4.